The molecule has 0 bridgehead atoms. The van der Waals surface area contributed by atoms with Crippen molar-refractivity contribution in [2.24, 2.45) is 37.9 Å². The fourth-order valence-electron chi connectivity index (χ4n) is 0.655. The maximum absolute atomic E-state index is 5.35. The van der Waals surface area contributed by atoms with Crippen LogP contribution in [0.25, 0.3) is 0 Å². The van der Waals surface area contributed by atoms with Gasteiger partial charge < -0.3 is 17.2 Å². The lowest BCUT2D eigenvalue weighted by atomic mass is 10.7. The number of aliphatic imine (C=N–C) groups is 3. The zero-order valence-electron chi connectivity index (χ0n) is 6.23. The number of nitrogens with one attached hydrogen (secondary N) is 1. The van der Waals surface area contributed by atoms with Gasteiger partial charge in [-0.15, -0.1) is 0 Å². The average molecular weight is 170 g/mol. The van der Waals surface area contributed by atoms with Crippen LogP contribution in [0.4, 0.5) is 0 Å². The summed E-state index contributed by atoms with van der Waals surface area (Å²) in [4.78, 5) is 11.0. The second kappa shape index (κ2) is 3.05. The molecule has 0 radical (unpaired) electrons. The number of hydrogen-bond donors (Lipinski definition) is 5. The van der Waals surface area contributed by atoms with Crippen LogP contribution in [-0.2, 0) is 0 Å². The topological polar surface area (TPSA) is 153 Å². The molecule has 8 heteroatoms. The van der Waals surface area contributed by atoms with Crippen LogP contribution in [0.1, 0.15) is 0 Å². The van der Waals surface area contributed by atoms with E-state index < -0.39 is 6.29 Å². The van der Waals surface area contributed by atoms with E-state index in [9.17, 15) is 0 Å². The standard InChI is InChI=1S/C4H10N8/c5-1(6)9-4-11-2(7)10-3(8)12-4/h2H,7H2,(H7,5,6,8,9,10,11,12). The zero-order valence-corrected chi connectivity index (χ0v) is 6.23. The average Bonchev–Trinajstić information content (AvgIpc) is 1.81. The fourth-order valence-corrected chi connectivity index (χ4v) is 0.655. The van der Waals surface area contributed by atoms with Gasteiger partial charge in [0.2, 0.25) is 5.96 Å². The third-order valence-electron chi connectivity index (χ3n) is 1.00. The smallest absolute Gasteiger partial charge is 0.231 e. The summed E-state index contributed by atoms with van der Waals surface area (Å²) in [6.07, 6.45) is -0.746. The summed E-state index contributed by atoms with van der Waals surface area (Å²) in [7, 11) is 0. The Balaban J connectivity index is 2.76. The Hall–Kier alpha value is -1.83. The predicted octanol–water partition coefficient (Wildman–Crippen LogP) is -3.22. The van der Waals surface area contributed by atoms with Crippen molar-refractivity contribution in [1.82, 2.24) is 5.32 Å². The molecule has 0 aromatic rings. The first kappa shape index (κ1) is 8.27. The van der Waals surface area contributed by atoms with E-state index in [1.807, 2.05) is 0 Å². The van der Waals surface area contributed by atoms with Crippen LogP contribution >= 0.6 is 0 Å². The van der Waals surface area contributed by atoms with E-state index >= 15 is 0 Å². The van der Waals surface area contributed by atoms with Crippen LogP contribution in [0.15, 0.2) is 15.0 Å². The molecule has 0 fully saturated rings. The van der Waals surface area contributed by atoms with Crippen LogP contribution in [-0.4, -0.2) is 24.2 Å². The van der Waals surface area contributed by atoms with Gasteiger partial charge >= 0.3 is 0 Å². The van der Waals surface area contributed by atoms with Crippen molar-refractivity contribution < 1.29 is 0 Å². The number of nitrogens with zero attached hydrogens (tertiary/aromatic N) is 3. The van der Waals surface area contributed by atoms with Crippen LogP contribution in [0.2, 0.25) is 0 Å². The molecule has 1 aliphatic rings. The SMILES string of the molecule is NC(N)=NC1=NC(N)N=C(N)N1. The molecule has 0 aromatic heterocycles. The van der Waals surface area contributed by atoms with Crippen LogP contribution in [0.5, 0.6) is 0 Å². The monoisotopic (exact) mass is 170 g/mol. The maximum Gasteiger partial charge on any atom is 0.231 e. The lowest BCUT2D eigenvalue weighted by Crippen LogP contribution is -2.43. The normalized spacial score (nSPS) is 21.9. The molecule has 1 atom stereocenters. The lowest BCUT2D eigenvalue weighted by Gasteiger charge is -2.12. The minimum absolute atomic E-state index is 0.122. The molecule has 9 N–H and O–H groups in total. The Morgan fingerprint density at radius 1 is 1.42 bits per heavy atom. The highest BCUT2D eigenvalue weighted by molar-refractivity contribution is 6.03. The van der Waals surface area contributed by atoms with Gasteiger partial charge in [-0.2, -0.15) is 4.99 Å². The summed E-state index contributed by atoms with van der Waals surface area (Å²) in [6, 6.07) is 0. The molecule has 12 heavy (non-hydrogen) atoms. The van der Waals surface area contributed by atoms with Crippen molar-refractivity contribution in [1.29, 1.82) is 0 Å². The number of nitrogens with two attached hydrogens (primary N) is 4. The highest BCUT2D eigenvalue weighted by Gasteiger charge is 2.09. The summed E-state index contributed by atoms with van der Waals surface area (Å²) < 4.78 is 0. The van der Waals surface area contributed by atoms with Gasteiger partial charge in [0.1, 0.15) is 0 Å². The summed E-state index contributed by atoms with van der Waals surface area (Å²) in [5, 5.41) is 2.53. The van der Waals surface area contributed by atoms with Gasteiger partial charge in [-0.25, -0.2) is 9.98 Å². The highest BCUT2D eigenvalue weighted by Crippen LogP contribution is 1.91. The minimum Gasteiger partial charge on any atom is -0.370 e. The van der Waals surface area contributed by atoms with E-state index in [-0.39, 0.29) is 17.9 Å². The molecule has 1 heterocycles. The van der Waals surface area contributed by atoms with Crippen molar-refractivity contribution in [3.8, 4) is 0 Å². The number of guanidine groups is 3. The largest absolute Gasteiger partial charge is 0.370 e. The highest BCUT2D eigenvalue weighted by atomic mass is 15.3. The molecule has 0 aromatic carbocycles. The molecular formula is C4H10N8. The van der Waals surface area contributed by atoms with Crippen molar-refractivity contribution in [3.05, 3.63) is 0 Å². The Morgan fingerprint density at radius 2 is 2.08 bits per heavy atom. The molecular weight excluding hydrogens is 160 g/mol. The van der Waals surface area contributed by atoms with Gasteiger partial charge in [-0.3, -0.25) is 11.1 Å². The second-order valence-corrected chi connectivity index (χ2v) is 2.04. The first-order chi connectivity index (χ1) is 5.58. The second-order valence-electron chi connectivity index (χ2n) is 2.04. The quantitative estimate of drug-likeness (QED) is 0.191. The fraction of sp³-hybridized carbons (Fsp3) is 0.250. The van der Waals surface area contributed by atoms with Crippen LogP contribution in [0.3, 0.4) is 0 Å². The van der Waals surface area contributed by atoms with Gasteiger partial charge in [0.25, 0.3) is 0 Å². The third-order valence-corrected chi connectivity index (χ3v) is 1.00. The molecule has 1 rings (SSSR count). The third kappa shape index (κ3) is 2.09. The maximum atomic E-state index is 5.35. The van der Waals surface area contributed by atoms with Crippen molar-refractivity contribution in [3.63, 3.8) is 0 Å². The summed E-state index contributed by atoms with van der Waals surface area (Å²) in [5.41, 5.74) is 20.9. The van der Waals surface area contributed by atoms with Gasteiger partial charge in [-0.05, 0) is 0 Å². The van der Waals surface area contributed by atoms with Gasteiger partial charge in [0.05, 0.1) is 0 Å². The summed E-state index contributed by atoms with van der Waals surface area (Å²) >= 11 is 0. The Labute approximate surface area is 68.4 Å². The predicted molar refractivity (Wildman–Crippen MR) is 46.0 cm³/mol. The molecule has 0 aliphatic carbocycles. The Kier molecular flexibility index (Phi) is 2.10. The van der Waals surface area contributed by atoms with Crippen LogP contribution in [0, 0.1) is 0 Å². The first-order valence-corrected chi connectivity index (χ1v) is 3.11. The van der Waals surface area contributed by atoms with E-state index in [2.05, 4.69) is 20.3 Å². The lowest BCUT2D eigenvalue weighted by molar-refractivity contribution is 0.728. The molecule has 0 saturated carbocycles. The van der Waals surface area contributed by atoms with Crippen molar-refractivity contribution >= 4 is 17.9 Å². The minimum atomic E-state index is -0.746. The van der Waals surface area contributed by atoms with E-state index in [0.29, 0.717) is 0 Å². The molecule has 0 spiro atoms. The zero-order chi connectivity index (χ0) is 9.14. The number of rotatable bonds is 0. The van der Waals surface area contributed by atoms with Crippen molar-refractivity contribution in [2.45, 2.75) is 6.29 Å². The summed E-state index contributed by atoms with van der Waals surface area (Å²) in [6.45, 7) is 0. The molecule has 1 unspecified atom stereocenters. The molecule has 0 saturated heterocycles. The molecule has 8 nitrogen and oxygen atoms in total. The molecule has 1 aliphatic heterocycles. The first-order valence-electron chi connectivity index (χ1n) is 3.11. The van der Waals surface area contributed by atoms with Crippen LogP contribution < -0.4 is 28.3 Å². The molecule has 66 valence electrons. The van der Waals surface area contributed by atoms with Crippen molar-refractivity contribution in [2.75, 3.05) is 0 Å². The molecule has 0 amide bonds. The van der Waals surface area contributed by atoms with Gasteiger partial charge in [0, 0.05) is 0 Å². The van der Waals surface area contributed by atoms with E-state index in [0.717, 1.165) is 0 Å². The van der Waals surface area contributed by atoms with E-state index in [1.165, 1.54) is 0 Å². The number of hydrogen-bond acceptors (Lipinski definition) is 6. The Morgan fingerprint density at radius 3 is 2.58 bits per heavy atom. The van der Waals surface area contributed by atoms with E-state index in [4.69, 9.17) is 22.9 Å². The van der Waals surface area contributed by atoms with E-state index in [1.54, 1.807) is 0 Å². The Bertz CT molecular complexity index is 258. The van der Waals surface area contributed by atoms with Gasteiger partial charge in [0.15, 0.2) is 18.2 Å². The van der Waals surface area contributed by atoms with Gasteiger partial charge in [-0.1, -0.05) is 0 Å². The summed E-state index contributed by atoms with van der Waals surface area (Å²) in [5.74, 6) is 0.177.